The molecule has 4 heteroatoms. The van der Waals surface area contributed by atoms with Crippen LogP contribution in [0.15, 0.2) is 59.6 Å². The van der Waals surface area contributed by atoms with Crippen molar-refractivity contribution in [3.63, 3.8) is 0 Å². The minimum atomic E-state index is -0.245. The Labute approximate surface area is 131 Å². The van der Waals surface area contributed by atoms with Crippen LogP contribution < -0.4 is 0 Å². The fraction of sp³-hybridized carbons (Fsp3) is 0.188. The Morgan fingerprint density at radius 3 is 2.40 bits per heavy atom. The Morgan fingerprint density at radius 2 is 1.75 bits per heavy atom. The lowest BCUT2D eigenvalue weighted by Gasteiger charge is -2.16. The van der Waals surface area contributed by atoms with Gasteiger partial charge in [0.1, 0.15) is 6.04 Å². The Hall–Kier alpha value is -1.40. The van der Waals surface area contributed by atoms with Gasteiger partial charge in [0.05, 0.1) is 6.61 Å². The summed E-state index contributed by atoms with van der Waals surface area (Å²) in [6.07, 6.45) is -0.216. The van der Waals surface area contributed by atoms with E-state index in [1.165, 1.54) is 3.57 Å². The first-order valence-corrected chi connectivity index (χ1v) is 7.52. The molecule has 1 N–H and O–H groups in total. The van der Waals surface area contributed by atoms with Crippen LogP contribution in [0.2, 0.25) is 0 Å². The van der Waals surface area contributed by atoms with Gasteiger partial charge in [0.2, 0.25) is 5.90 Å². The fourth-order valence-electron chi connectivity index (χ4n) is 2.25. The molecule has 0 aliphatic carbocycles. The quantitative estimate of drug-likeness (QED) is 0.833. The van der Waals surface area contributed by atoms with Crippen LogP contribution in [0.4, 0.5) is 0 Å². The number of benzene rings is 2. The highest BCUT2D eigenvalue weighted by Crippen LogP contribution is 2.31. The van der Waals surface area contributed by atoms with Gasteiger partial charge < -0.3 is 9.84 Å². The van der Waals surface area contributed by atoms with Crippen molar-refractivity contribution in [3.05, 3.63) is 69.3 Å². The summed E-state index contributed by atoms with van der Waals surface area (Å²) >= 11 is 2.27. The normalized spacial score (nSPS) is 21.4. The van der Waals surface area contributed by atoms with Crippen molar-refractivity contribution in [1.82, 2.24) is 0 Å². The van der Waals surface area contributed by atoms with Gasteiger partial charge in [-0.2, -0.15) is 0 Å². The molecule has 0 saturated carbocycles. The number of nitrogens with zero attached hydrogens (tertiary/aromatic N) is 1. The van der Waals surface area contributed by atoms with E-state index in [9.17, 15) is 5.11 Å². The highest BCUT2D eigenvalue weighted by Gasteiger charge is 2.32. The van der Waals surface area contributed by atoms with Gasteiger partial charge in [-0.25, -0.2) is 4.99 Å². The number of halogens is 1. The minimum Gasteiger partial charge on any atom is -0.467 e. The topological polar surface area (TPSA) is 41.8 Å². The molecule has 0 bridgehead atoms. The third-order valence-electron chi connectivity index (χ3n) is 3.28. The van der Waals surface area contributed by atoms with Crippen molar-refractivity contribution >= 4 is 28.5 Å². The van der Waals surface area contributed by atoms with E-state index in [2.05, 4.69) is 27.6 Å². The zero-order valence-corrected chi connectivity index (χ0v) is 12.9. The molecule has 0 saturated heterocycles. The number of hydrogen-bond acceptors (Lipinski definition) is 3. The molecule has 1 heterocycles. The maximum absolute atomic E-state index is 9.53. The number of aliphatic hydroxyl groups excluding tert-OH is 1. The van der Waals surface area contributed by atoms with E-state index in [4.69, 9.17) is 4.74 Å². The van der Waals surface area contributed by atoms with Crippen LogP contribution in [0.25, 0.3) is 0 Å². The average molecular weight is 379 g/mol. The van der Waals surface area contributed by atoms with Crippen molar-refractivity contribution < 1.29 is 9.84 Å². The molecule has 0 aromatic heterocycles. The molecule has 1 aliphatic heterocycles. The van der Waals surface area contributed by atoms with Crippen LogP contribution in [0.5, 0.6) is 0 Å². The van der Waals surface area contributed by atoms with E-state index in [0.29, 0.717) is 5.90 Å². The van der Waals surface area contributed by atoms with Crippen LogP contribution in [-0.4, -0.2) is 23.7 Å². The van der Waals surface area contributed by atoms with Crippen LogP contribution in [0.3, 0.4) is 0 Å². The predicted octanol–water partition coefficient (Wildman–Crippen LogP) is 3.17. The summed E-state index contributed by atoms with van der Waals surface area (Å²) in [5.41, 5.74) is 1.98. The standard InChI is InChI=1S/C16H14INO2/c17-13-8-6-11(7-9-13)15-14(10-19)18-16(20-15)12-4-2-1-3-5-12/h1-9,14-15,19H,10H2. The molecule has 3 rings (SSSR count). The molecule has 20 heavy (non-hydrogen) atoms. The van der Waals surface area contributed by atoms with Crippen molar-refractivity contribution in [3.8, 4) is 0 Å². The molecule has 2 unspecified atom stereocenters. The molecule has 1 aliphatic rings. The lowest BCUT2D eigenvalue weighted by atomic mass is 10.0. The maximum Gasteiger partial charge on any atom is 0.217 e. The molecule has 2 atom stereocenters. The predicted molar refractivity (Wildman–Crippen MR) is 86.8 cm³/mol. The third-order valence-corrected chi connectivity index (χ3v) is 4.00. The van der Waals surface area contributed by atoms with Gasteiger partial charge in [-0.1, -0.05) is 30.3 Å². The van der Waals surface area contributed by atoms with Crippen LogP contribution in [0.1, 0.15) is 17.2 Å². The van der Waals surface area contributed by atoms with Gasteiger partial charge in [0, 0.05) is 9.13 Å². The summed E-state index contributed by atoms with van der Waals surface area (Å²) in [6, 6.07) is 17.7. The summed E-state index contributed by atoms with van der Waals surface area (Å²) in [6.45, 7) is -0.0208. The van der Waals surface area contributed by atoms with Crippen molar-refractivity contribution in [2.24, 2.45) is 4.99 Å². The molecule has 2 aromatic carbocycles. The average Bonchev–Trinajstić information content (AvgIpc) is 2.93. The Bertz CT molecular complexity index is 610. The summed E-state index contributed by atoms with van der Waals surface area (Å²) in [5, 5.41) is 9.53. The first-order valence-electron chi connectivity index (χ1n) is 6.44. The molecule has 0 radical (unpaired) electrons. The van der Waals surface area contributed by atoms with E-state index in [0.717, 1.165) is 11.1 Å². The Morgan fingerprint density at radius 1 is 1.05 bits per heavy atom. The zero-order valence-electron chi connectivity index (χ0n) is 10.7. The zero-order chi connectivity index (χ0) is 13.9. The summed E-state index contributed by atoms with van der Waals surface area (Å²) in [5.74, 6) is 0.605. The number of rotatable bonds is 3. The second-order valence-corrected chi connectivity index (χ2v) is 5.89. The van der Waals surface area contributed by atoms with Crippen LogP contribution in [0, 0.1) is 3.57 Å². The Balaban J connectivity index is 1.87. The van der Waals surface area contributed by atoms with Gasteiger partial charge in [0.25, 0.3) is 0 Å². The van der Waals surface area contributed by atoms with Crippen molar-refractivity contribution in [2.75, 3.05) is 6.61 Å². The van der Waals surface area contributed by atoms with Gasteiger partial charge in [-0.15, -0.1) is 0 Å². The fourth-order valence-corrected chi connectivity index (χ4v) is 2.61. The van der Waals surface area contributed by atoms with Gasteiger partial charge >= 0.3 is 0 Å². The lowest BCUT2D eigenvalue weighted by Crippen LogP contribution is -2.17. The first kappa shape index (κ1) is 13.6. The number of ether oxygens (including phenoxy) is 1. The second-order valence-electron chi connectivity index (χ2n) is 4.64. The Kier molecular flexibility index (Phi) is 4.03. The maximum atomic E-state index is 9.53. The van der Waals surface area contributed by atoms with E-state index in [1.54, 1.807) is 0 Å². The number of aliphatic hydroxyl groups is 1. The molecule has 2 aromatic rings. The largest absolute Gasteiger partial charge is 0.467 e. The smallest absolute Gasteiger partial charge is 0.217 e. The SMILES string of the molecule is OCC1N=C(c2ccccc2)OC1c1ccc(I)cc1. The lowest BCUT2D eigenvalue weighted by molar-refractivity contribution is 0.152. The van der Waals surface area contributed by atoms with E-state index in [1.807, 2.05) is 54.6 Å². The molecular formula is C16H14INO2. The first-order chi connectivity index (χ1) is 9.78. The van der Waals surface area contributed by atoms with Gasteiger partial charge in [-0.3, -0.25) is 0 Å². The van der Waals surface area contributed by atoms with Gasteiger partial charge in [-0.05, 0) is 52.4 Å². The van der Waals surface area contributed by atoms with Gasteiger partial charge in [0.15, 0.2) is 6.10 Å². The van der Waals surface area contributed by atoms with Crippen LogP contribution in [-0.2, 0) is 4.74 Å². The second kappa shape index (κ2) is 5.93. The van der Waals surface area contributed by atoms with E-state index in [-0.39, 0.29) is 18.8 Å². The van der Waals surface area contributed by atoms with E-state index >= 15 is 0 Å². The highest BCUT2D eigenvalue weighted by atomic mass is 127. The van der Waals surface area contributed by atoms with Crippen molar-refractivity contribution in [1.29, 1.82) is 0 Å². The summed E-state index contributed by atoms with van der Waals surface area (Å²) < 4.78 is 7.14. The summed E-state index contributed by atoms with van der Waals surface area (Å²) in [4.78, 5) is 4.50. The monoisotopic (exact) mass is 379 g/mol. The molecule has 0 amide bonds. The third kappa shape index (κ3) is 2.71. The van der Waals surface area contributed by atoms with E-state index < -0.39 is 0 Å². The number of hydrogen-bond donors (Lipinski definition) is 1. The summed E-state index contributed by atoms with van der Waals surface area (Å²) in [7, 11) is 0. The molecular weight excluding hydrogens is 365 g/mol. The molecule has 3 nitrogen and oxygen atoms in total. The van der Waals surface area contributed by atoms with Crippen molar-refractivity contribution in [2.45, 2.75) is 12.1 Å². The molecule has 102 valence electrons. The minimum absolute atomic E-state index is 0.0208. The number of aliphatic imine (C=N–C) groups is 1. The molecule has 0 spiro atoms. The molecule has 0 fully saturated rings. The van der Waals surface area contributed by atoms with Crippen LogP contribution >= 0.6 is 22.6 Å². The highest BCUT2D eigenvalue weighted by molar-refractivity contribution is 14.1.